The zero-order valence-electron chi connectivity index (χ0n) is 9.03. The van der Waals surface area contributed by atoms with Crippen LogP contribution in [0.1, 0.15) is 26.2 Å². The molecule has 4 heteroatoms. The molecule has 0 aromatic rings. The second-order valence-corrected chi connectivity index (χ2v) is 3.82. The molecule has 0 aromatic heterocycles. The van der Waals surface area contributed by atoms with E-state index in [1.807, 2.05) is 0 Å². The van der Waals surface area contributed by atoms with Crippen LogP contribution < -0.4 is 5.73 Å². The van der Waals surface area contributed by atoms with E-state index in [-0.39, 0.29) is 12.3 Å². The maximum atomic E-state index is 10.5. The lowest BCUT2D eigenvalue weighted by Gasteiger charge is -2.17. The number of ether oxygens (including phenoxy) is 1. The van der Waals surface area contributed by atoms with Gasteiger partial charge in [0.05, 0.1) is 0 Å². The number of aliphatic carboxylic acids is 1. The van der Waals surface area contributed by atoms with Crippen LogP contribution in [0.2, 0.25) is 0 Å². The van der Waals surface area contributed by atoms with E-state index in [2.05, 4.69) is 6.92 Å². The summed E-state index contributed by atoms with van der Waals surface area (Å²) in [5, 5.41) is 8.62. The molecule has 0 bridgehead atoms. The van der Waals surface area contributed by atoms with E-state index in [4.69, 9.17) is 15.6 Å². The van der Waals surface area contributed by atoms with Crippen LogP contribution in [0.15, 0.2) is 0 Å². The van der Waals surface area contributed by atoms with Crippen LogP contribution in [0.4, 0.5) is 0 Å². The van der Waals surface area contributed by atoms with Gasteiger partial charge in [-0.05, 0) is 31.2 Å². The van der Waals surface area contributed by atoms with Crippen molar-refractivity contribution in [2.75, 3.05) is 20.3 Å². The normalized spacial score (nSPS) is 15.1. The predicted octanol–water partition coefficient (Wildman–Crippen LogP) is 1.10. The van der Waals surface area contributed by atoms with E-state index in [1.54, 1.807) is 7.11 Å². The molecule has 2 atom stereocenters. The van der Waals surface area contributed by atoms with Gasteiger partial charge in [-0.15, -0.1) is 0 Å². The molecule has 3 N–H and O–H groups in total. The first-order valence-electron chi connectivity index (χ1n) is 5.01. The highest BCUT2D eigenvalue weighted by Crippen LogP contribution is 2.17. The maximum absolute atomic E-state index is 10.5. The summed E-state index contributed by atoms with van der Waals surface area (Å²) in [6, 6.07) is 0. The van der Waals surface area contributed by atoms with Crippen molar-refractivity contribution in [2.24, 2.45) is 17.6 Å². The van der Waals surface area contributed by atoms with E-state index < -0.39 is 5.97 Å². The summed E-state index contributed by atoms with van der Waals surface area (Å²) < 4.78 is 4.96. The van der Waals surface area contributed by atoms with Crippen LogP contribution in [0.25, 0.3) is 0 Å². The van der Waals surface area contributed by atoms with Gasteiger partial charge in [0.1, 0.15) is 0 Å². The number of rotatable bonds is 8. The minimum atomic E-state index is -0.764. The quantitative estimate of drug-likeness (QED) is 0.619. The summed E-state index contributed by atoms with van der Waals surface area (Å²) in [6.07, 6.45) is 2.01. The van der Waals surface area contributed by atoms with Crippen LogP contribution in [0, 0.1) is 11.8 Å². The minimum Gasteiger partial charge on any atom is -0.481 e. The Kier molecular flexibility index (Phi) is 7.42. The van der Waals surface area contributed by atoms with Gasteiger partial charge in [0, 0.05) is 20.1 Å². The van der Waals surface area contributed by atoms with Gasteiger partial charge in [-0.3, -0.25) is 4.79 Å². The van der Waals surface area contributed by atoms with Gasteiger partial charge >= 0.3 is 5.97 Å². The Bertz CT molecular complexity index is 161. The summed E-state index contributed by atoms with van der Waals surface area (Å²) in [7, 11) is 1.67. The first kappa shape index (κ1) is 13.4. The van der Waals surface area contributed by atoms with Crippen molar-refractivity contribution < 1.29 is 14.6 Å². The molecule has 0 aromatic carbocycles. The Morgan fingerprint density at radius 3 is 2.64 bits per heavy atom. The molecule has 0 amide bonds. The van der Waals surface area contributed by atoms with Crippen molar-refractivity contribution in [3.63, 3.8) is 0 Å². The van der Waals surface area contributed by atoms with Crippen molar-refractivity contribution in [1.29, 1.82) is 0 Å². The summed E-state index contributed by atoms with van der Waals surface area (Å²) in [5.74, 6) is -0.193. The second kappa shape index (κ2) is 7.76. The Labute approximate surface area is 85.4 Å². The molecule has 84 valence electrons. The lowest BCUT2D eigenvalue weighted by atomic mass is 9.91. The van der Waals surface area contributed by atoms with Crippen molar-refractivity contribution in [1.82, 2.24) is 0 Å². The lowest BCUT2D eigenvalue weighted by Crippen LogP contribution is -2.20. The minimum absolute atomic E-state index is 0.0966. The Morgan fingerprint density at radius 1 is 1.57 bits per heavy atom. The van der Waals surface area contributed by atoms with Crippen LogP contribution in [0.5, 0.6) is 0 Å². The molecule has 14 heavy (non-hydrogen) atoms. The average molecular weight is 203 g/mol. The number of carboxylic acids is 1. The van der Waals surface area contributed by atoms with E-state index >= 15 is 0 Å². The molecule has 1 unspecified atom stereocenters. The molecule has 0 saturated carbocycles. The van der Waals surface area contributed by atoms with Gasteiger partial charge in [0.2, 0.25) is 0 Å². The molecule has 0 saturated heterocycles. The zero-order valence-corrected chi connectivity index (χ0v) is 9.03. The Balaban J connectivity index is 3.73. The van der Waals surface area contributed by atoms with Crippen molar-refractivity contribution in [3.05, 3.63) is 0 Å². The molecule has 0 fully saturated rings. The molecule has 0 heterocycles. The highest BCUT2D eigenvalue weighted by molar-refractivity contribution is 5.67. The third kappa shape index (κ3) is 6.86. The summed E-state index contributed by atoms with van der Waals surface area (Å²) in [4.78, 5) is 10.5. The number of nitrogens with two attached hydrogens (primary N) is 1. The van der Waals surface area contributed by atoms with Gasteiger partial charge in [-0.25, -0.2) is 0 Å². The van der Waals surface area contributed by atoms with Gasteiger partial charge in [-0.2, -0.15) is 0 Å². The van der Waals surface area contributed by atoms with Crippen molar-refractivity contribution in [3.8, 4) is 0 Å². The summed E-state index contributed by atoms with van der Waals surface area (Å²) in [5.41, 5.74) is 5.50. The maximum Gasteiger partial charge on any atom is 0.303 e. The van der Waals surface area contributed by atoms with E-state index in [0.29, 0.717) is 12.5 Å². The van der Waals surface area contributed by atoms with E-state index in [9.17, 15) is 4.79 Å². The monoisotopic (exact) mass is 203 g/mol. The van der Waals surface area contributed by atoms with Crippen LogP contribution in [-0.4, -0.2) is 31.3 Å². The van der Waals surface area contributed by atoms with Crippen LogP contribution >= 0.6 is 0 Å². The third-order valence-corrected chi connectivity index (χ3v) is 2.35. The highest BCUT2D eigenvalue weighted by Gasteiger charge is 2.14. The zero-order chi connectivity index (χ0) is 11.0. The molecule has 4 nitrogen and oxygen atoms in total. The molecule has 0 aliphatic rings. The SMILES string of the molecule is COCCC(C)C[C@H](CN)CC(=O)O. The Morgan fingerprint density at radius 2 is 2.21 bits per heavy atom. The first-order valence-corrected chi connectivity index (χ1v) is 5.01. The predicted molar refractivity (Wildman–Crippen MR) is 55.1 cm³/mol. The second-order valence-electron chi connectivity index (χ2n) is 3.82. The molecule has 0 aliphatic carbocycles. The number of carbonyl (C=O) groups is 1. The van der Waals surface area contributed by atoms with E-state index in [0.717, 1.165) is 19.4 Å². The fraction of sp³-hybridized carbons (Fsp3) is 0.900. The highest BCUT2D eigenvalue weighted by atomic mass is 16.5. The summed E-state index contributed by atoms with van der Waals surface area (Å²) >= 11 is 0. The number of hydrogen-bond donors (Lipinski definition) is 2. The van der Waals surface area contributed by atoms with Crippen molar-refractivity contribution >= 4 is 5.97 Å². The van der Waals surface area contributed by atoms with Crippen LogP contribution in [-0.2, 0) is 9.53 Å². The van der Waals surface area contributed by atoms with Crippen LogP contribution in [0.3, 0.4) is 0 Å². The van der Waals surface area contributed by atoms with Gasteiger partial charge < -0.3 is 15.6 Å². The molecular formula is C10H21NO3. The first-order chi connectivity index (χ1) is 6.60. The fourth-order valence-corrected chi connectivity index (χ4v) is 1.52. The number of carboxylic acid groups (broad SMARTS) is 1. The molecule has 0 rings (SSSR count). The standard InChI is InChI=1S/C10H21NO3/c1-8(3-4-14-2)5-9(7-11)6-10(12)13/h8-9H,3-7,11H2,1-2H3,(H,12,13)/t8?,9-/m0/s1. The van der Waals surface area contributed by atoms with Crippen molar-refractivity contribution in [2.45, 2.75) is 26.2 Å². The molecular weight excluding hydrogens is 182 g/mol. The topological polar surface area (TPSA) is 72.5 Å². The fourth-order valence-electron chi connectivity index (χ4n) is 1.52. The average Bonchev–Trinajstić information content (AvgIpc) is 2.12. The van der Waals surface area contributed by atoms with E-state index in [1.165, 1.54) is 0 Å². The van der Waals surface area contributed by atoms with Gasteiger partial charge in [-0.1, -0.05) is 6.92 Å². The number of methoxy groups -OCH3 is 1. The molecule has 0 aliphatic heterocycles. The largest absolute Gasteiger partial charge is 0.481 e. The molecule has 0 radical (unpaired) electrons. The smallest absolute Gasteiger partial charge is 0.303 e. The third-order valence-electron chi connectivity index (χ3n) is 2.35. The number of hydrogen-bond acceptors (Lipinski definition) is 3. The Hall–Kier alpha value is -0.610. The lowest BCUT2D eigenvalue weighted by molar-refractivity contribution is -0.138. The molecule has 0 spiro atoms. The summed E-state index contributed by atoms with van der Waals surface area (Å²) in [6.45, 7) is 3.28. The van der Waals surface area contributed by atoms with Gasteiger partial charge in [0.15, 0.2) is 0 Å². The van der Waals surface area contributed by atoms with Gasteiger partial charge in [0.25, 0.3) is 0 Å².